The molecule has 0 bridgehead atoms. The Morgan fingerprint density at radius 1 is 1.33 bits per heavy atom. The van der Waals surface area contributed by atoms with Crippen molar-refractivity contribution in [3.63, 3.8) is 0 Å². The molecule has 0 aliphatic carbocycles. The maximum Gasteiger partial charge on any atom is 0.141 e. The normalized spacial score (nSPS) is 12.2. The van der Waals surface area contributed by atoms with Gasteiger partial charge in [0.1, 0.15) is 11.6 Å². The highest BCUT2D eigenvalue weighted by Gasteiger charge is 2.18. The van der Waals surface area contributed by atoms with Crippen molar-refractivity contribution >= 4 is 15.9 Å². The SMILES string of the molecule is CCCNC(c1cncc(F)c1)c1cc(OC)ccc1Br. The molecule has 1 N–H and O–H groups in total. The predicted molar refractivity (Wildman–Crippen MR) is 85.0 cm³/mol. The summed E-state index contributed by atoms with van der Waals surface area (Å²) in [5.74, 6) is 0.427. The van der Waals surface area contributed by atoms with E-state index in [-0.39, 0.29) is 11.9 Å². The molecule has 0 spiro atoms. The van der Waals surface area contributed by atoms with Gasteiger partial charge < -0.3 is 10.1 Å². The van der Waals surface area contributed by atoms with E-state index in [1.165, 1.54) is 12.3 Å². The molecule has 1 atom stereocenters. The van der Waals surface area contributed by atoms with Crippen molar-refractivity contribution in [2.24, 2.45) is 0 Å². The zero-order chi connectivity index (χ0) is 15.2. The molecule has 0 amide bonds. The molecular formula is C16H18BrFN2O. The second kappa shape index (κ2) is 7.52. The lowest BCUT2D eigenvalue weighted by atomic mass is 9.99. The minimum atomic E-state index is -0.338. The van der Waals surface area contributed by atoms with Gasteiger partial charge in [-0.1, -0.05) is 22.9 Å². The maximum atomic E-state index is 13.5. The van der Waals surface area contributed by atoms with Gasteiger partial charge in [-0.2, -0.15) is 0 Å². The predicted octanol–water partition coefficient (Wildman–Crippen LogP) is 4.08. The van der Waals surface area contributed by atoms with Gasteiger partial charge in [0, 0.05) is 10.7 Å². The van der Waals surface area contributed by atoms with E-state index in [1.54, 1.807) is 13.3 Å². The molecule has 5 heteroatoms. The van der Waals surface area contributed by atoms with Crippen LogP contribution in [-0.4, -0.2) is 18.6 Å². The highest BCUT2D eigenvalue weighted by Crippen LogP contribution is 2.31. The summed E-state index contributed by atoms with van der Waals surface area (Å²) in [6.45, 7) is 2.92. The number of rotatable bonds is 6. The zero-order valence-electron chi connectivity index (χ0n) is 12.1. The first-order valence-corrected chi connectivity index (χ1v) is 7.62. The Labute approximate surface area is 132 Å². The van der Waals surface area contributed by atoms with Crippen LogP contribution in [0.25, 0.3) is 0 Å². The Bertz CT molecular complexity index is 607. The molecule has 21 heavy (non-hydrogen) atoms. The number of nitrogens with one attached hydrogen (secondary N) is 1. The van der Waals surface area contributed by atoms with E-state index >= 15 is 0 Å². The summed E-state index contributed by atoms with van der Waals surface area (Å²) in [5.41, 5.74) is 1.78. The molecule has 0 radical (unpaired) electrons. The minimum absolute atomic E-state index is 0.141. The van der Waals surface area contributed by atoms with Gasteiger partial charge in [0.15, 0.2) is 0 Å². The first-order chi connectivity index (χ1) is 10.2. The lowest BCUT2D eigenvalue weighted by Crippen LogP contribution is -2.24. The number of ether oxygens (including phenoxy) is 1. The summed E-state index contributed by atoms with van der Waals surface area (Å²) < 4.78 is 19.7. The van der Waals surface area contributed by atoms with Crippen molar-refractivity contribution in [2.45, 2.75) is 19.4 Å². The Hall–Kier alpha value is -1.46. The smallest absolute Gasteiger partial charge is 0.141 e. The molecular weight excluding hydrogens is 335 g/mol. The van der Waals surface area contributed by atoms with Gasteiger partial charge in [-0.3, -0.25) is 4.98 Å². The Balaban J connectivity index is 2.44. The van der Waals surface area contributed by atoms with Gasteiger partial charge >= 0.3 is 0 Å². The number of methoxy groups -OCH3 is 1. The topological polar surface area (TPSA) is 34.2 Å². The van der Waals surface area contributed by atoms with Crippen molar-refractivity contribution < 1.29 is 9.13 Å². The lowest BCUT2D eigenvalue weighted by Gasteiger charge is -2.21. The average molecular weight is 353 g/mol. The molecule has 0 aliphatic heterocycles. The molecule has 112 valence electrons. The van der Waals surface area contributed by atoms with Crippen LogP contribution in [0.15, 0.2) is 41.1 Å². The molecule has 1 aromatic carbocycles. The third-order valence-corrected chi connectivity index (χ3v) is 3.89. The minimum Gasteiger partial charge on any atom is -0.497 e. The number of hydrogen-bond acceptors (Lipinski definition) is 3. The van der Waals surface area contributed by atoms with Crippen molar-refractivity contribution in [3.05, 3.63) is 58.1 Å². The van der Waals surface area contributed by atoms with Gasteiger partial charge in [0.25, 0.3) is 0 Å². The third-order valence-electron chi connectivity index (χ3n) is 3.17. The van der Waals surface area contributed by atoms with Gasteiger partial charge in [0.05, 0.1) is 19.3 Å². The van der Waals surface area contributed by atoms with E-state index in [2.05, 4.69) is 33.2 Å². The third kappa shape index (κ3) is 4.02. The highest BCUT2D eigenvalue weighted by atomic mass is 79.9. The van der Waals surface area contributed by atoms with E-state index < -0.39 is 0 Å². The van der Waals surface area contributed by atoms with Crippen LogP contribution in [-0.2, 0) is 0 Å². The number of halogens is 2. The maximum absolute atomic E-state index is 13.5. The molecule has 0 fully saturated rings. The summed E-state index contributed by atoms with van der Waals surface area (Å²) in [6.07, 6.45) is 3.88. The van der Waals surface area contributed by atoms with Crippen LogP contribution in [0, 0.1) is 5.82 Å². The fourth-order valence-corrected chi connectivity index (χ4v) is 2.63. The van der Waals surface area contributed by atoms with Gasteiger partial charge in [-0.05, 0) is 48.4 Å². The van der Waals surface area contributed by atoms with E-state index in [0.717, 1.165) is 34.3 Å². The second-order valence-corrected chi connectivity index (χ2v) is 5.57. The number of nitrogens with zero attached hydrogens (tertiary/aromatic N) is 1. The van der Waals surface area contributed by atoms with Crippen LogP contribution in [0.3, 0.4) is 0 Å². The number of benzene rings is 1. The van der Waals surface area contributed by atoms with Crippen LogP contribution in [0.5, 0.6) is 5.75 Å². The van der Waals surface area contributed by atoms with Gasteiger partial charge in [-0.25, -0.2) is 4.39 Å². The van der Waals surface area contributed by atoms with E-state index in [9.17, 15) is 4.39 Å². The molecule has 2 rings (SSSR count). The summed E-state index contributed by atoms with van der Waals surface area (Å²) in [4.78, 5) is 3.95. The highest BCUT2D eigenvalue weighted by molar-refractivity contribution is 9.10. The fourth-order valence-electron chi connectivity index (χ4n) is 2.15. The summed E-state index contributed by atoms with van der Waals surface area (Å²) in [5, 5.41) is 3.43. The van der Waals surface area contributed by atoms with E-state index in [1.807, 2.05) is 18.2 Å². The number of pyridine rings is 1. The molecule has 0 aliphatic rings. The zero-order valence-corrected chi connectivity index (χ0v) is 13.7. The second-order valence-electron chi connectivity index (χ2n) is 4.71. The van der Waals surface area contributed by atoms with E-state index in [4.69, 9.17) is 4.74 Å². The average Bonchev–Trinajstić information content (AvgIpc) is 2.49. The standard InChI is InChI=1S/C16H18BrFN2O/c1-3-6-20-16(11-7-12(18)10-19-9-11)14-8-13(21-2)4-5-15(14)17/h4-5,7-10,16,20H,3,6H2,1-2H3. The van der Waals surface area contributed by atoms with Crippen molar-refractivity contribution in [1.82, 2.24) is 10.3 Å². The summed E-state index contributed by atoms with van der Waals surface area (Å²) in [6, 6.07) is 7.13. The van der Waals surface area contributed by atoms with Crippen LogP contribution >= 0.6 is 15.9 Å². The molecule has 2 aromatic rings. The lowest BCUT2D eigenvalue weighted by molar-refractivity contribution is 0.413. The van der Waals surface area contributed by atoms with Gasteiger partial charge in [0.2, 0.25) is 0 Å². The fraction of sp³-hybridized carbons (Fsp3) is 0.312. The Morgan fingerprint density at radius 2 is 2.14 bits per heavy atom. The van der Waals surface area contributed by atoms with Crippen LogP contribution < -0.4 is 10.1 Å². The first kappa shape index (κ1) is 15.9. The van der Waals surface area contributed by atoms with Crippen molar-refractivity contribution in [2.75, 3.05) is 13.7 Å². The largest absolute Gasteiger partial charge is 0.497 e. The molecule has 1 aromatic heterocycles. The Morgan fingerprint density at radius 3 is 2.81 bits per heavy atom. The number of aromatic nitrogens is 1. The van der Waals surface area contributed by atoms with Crippen LogP contribution in [0.2, 0.25) is 0 Å². The van der Waals surface area contributed by atoms with Crippen molar-refractivity contribution in [1.29, 1.82) is 0 Å². The molecule has 1 heterocycles. The molecule has 0 saturated carbocycles. The van der Waals surface area contributed by atoms with Crippen LogP contribution in [0.1, 0.15) is 30.5 Å². The first-order valence-electron chi connectivity index (χ1n) is 6.83. The van der Waals surface area contributed by atoms with Crippen LogP contribution in [0.4, 0.5) is 4.39 Å². The number of hydrogen-bond donors (Lipinski definition) is 1. The molecule has 1 unspecified atom stereocenters. The molecule has 3 nitrogen and oxygen atoms in total. The quantitative estimate of drug-likeness (QED) is 0.850. The van der Waals surface area contributed by atoms with Crippen molar-refractivity contribution in [3.8, 4) is 5.75 Å². The monoisotopic (exact) mass is 352 g/mol. The molecule has 0 saturated heterocycles. The summed E-state index contributed by atoms with van der Waals surface area (Å²) in [7, 11) is 1.63. The Kier molecular flexibility index (Phi) is 5.70. The van der Waals surface area contributed by atoms with E-state index in [0.29, 0.717) is 0 Å². The summed E-state index contributed by atoms with van der Waals surface area (Å²) >= 11 is 3.56. The van der Waals surface area contributed by atoms with Gasteiger partial charge in [-0.15, -0.1) is 0 Å².